The molecule has 0 atom stereocenters. The number of isothiocyanates is 1. The summed E-state index contributed by atoms with van der Waals surface area (Å²) in [6.45, 7) is 0. The molecule has 0 bridgehead atoms. The maximum atomic E-state index is 4.37. The minimum absolute atomic E-state index is 0.681. The van der Waals surface area contributed by atoms with Gasteiger partial charge in [0.2, 0.25) is 0 Å². The Kier molecular flexibility index (Phi) is 2.01. The van der Waals surface area contributed by atoms with Crippen molar-refractivity contribution in [1.82, 2.24) is 10.2 Å². The maximum absolute atomic E-state index is 4.37. The van der Waals surface area contributed by atoms with Crippen molar-refractivity contribution in [2.45, 2.75) is 0 Å². The summed E-state index contributed by atoms with van der Waals surface area (Å²) >= 11 is 4.37. The molecule has 3 nitrogen and oxygen atoms in total. The molecule has 1 aromatic rings. The summed E-state index contributed by atoms with van der Waals surface area (Å²) in [7, 11) is 0. The van der Waals surface area contributed by atoms with E-state index in [2.05, 4.69) is 32.6 Å². The van der Waals surface area contributed by atoms with Gasteiger partial charge in [-0.25, -0.2) is 0 Å². The third-order valence-electron chi connectivity index (χ3n) is 0.743. The van der Waals surface area contributed by atoms with E-state index in [0.29, 0.717) is 5.69 Å². The average molecular weight is 137 g/mol. The van der Waals surface area contributed by atoms with E-state index in [1.165, 1.54) is 6.20 Å². The van der Waals surface area contributed by atoms with Gasteiger partial charge in [-0.15, -0.1) is 0 Å². The highest BCUT2D eigenvalue weighted by Crippen LogP contribution is 2.03. The first kappa shape index (κ1) is 6.01. The predicted molar refractivity (Wildman–Crippen MR) is 36.7 cm³/mol. The highest BCUT2D eigenvalue weighted by atomic mass is 32.1. The first-order valence-corrected chi connectivity index (χ1v) is 2.69. The Morgan fingerprint density at radius 3 is 3.00 bits per heavy atom. The van der Waals surface area contributed by atoms with Gasteiger partial charge < -0.3 is 0 Å². The molecule has 0 saturated carbocycles. The van der Waals surface area contributed by atoms with Crippen molar-refractivity contribution in [1.29, 1.82) is 0 Å². The minimum atomic E-state index is 0.681. The molecule has 4 heteroatoms. The van der Waals surface area contributed by atoms with Crippen molar-refractivity contribution in [3.63, 3.8) is 0 Å². The van der Waals surface area contributed by atoms with Crippen LogP contribution in [0.2, 0.25) is 0 Å². The number of rotatable bonds is 1. The quantitative estimate of drug-likeness (QED) is 0.431. The Labute approximate surface area is 57.5 Å². The molecule has 0 unspecified atom stereocenters. The van der Waals surface area contributed by atoms with Crippen LogP contribution in [0.5, 0.6) is 0 Å². The molecule has 0 N–H and O–H groups in total. The molecule has 0 aromatic carbocycles. The molecule has 0 aliphatic heterocycles. The van der Waals surface area contributed by atoms with Crippen molar-refractivity contribution in [2.24, 2.45) is 4.99 Å². The highest BCUT2D eigenvalue weighted by Gasteiger charge is 1.81. The van der Waals surface area contributed by atoms with Crippen LogP contribution in [0, 0.1) is 0 Å². The fraction of sp³-hybridized carbons (Fsp3) is 0. The van der Waals surface area contributed by atoms with Crippen molar-refractivity contribution >= 4 is 23.1 Å². The zero-order chi connectivity index (χ0) is 6.53. The van der Waals surface area contributed by atoms with Crippen LogP contribution in [0.4, 0.5) is 5.69 Å². The fourth-order valence-electron chi connectivity index (χ4n) is 0.403. The Bertz CT molecular complexity index is 227. The SMILES string of the molecule is S=C=Nc1ccnnc1. The number of aromatic nitrogens is 2. The summed E-state index contributed by atoms with van der Waals surface area (Å²) in [6.07, 6.45) is 3.06. The van der Waals surface area contributed by atoms with Gasteiger partial charge in [0.25, 0.3) is 0 Å². The summed E-state index contributed by atoms with van der Waals surface area (Å²) in [5.41, 5.74) is 0.681. The molecule has 44 valence electrons. The van der Waals surface area contributed by atoms with E-state index < -0.39 is 0 Å². The van der Waals surface area contributed by atoms with Crippen LogP contribution in [0.25, 0.3) is 0 Å². The lowest BCUT2D eigenvalue weighted by Crippen LogP contribution is -1.73. The van der Waals surface area contributed by atoms with Crippen LogP contribution >= 0.6 is 12.2 Å². The number of thiocarbonyl (C=S) groups is 1. The van der Waals surface area contributed by atoms with Crippen molar-refractivity contribution < 1.29 is 0 Å². The molecule has 0 amide bonds. The van der Waals surface area contributed by atoms with Gasteiger partial charge in [-0.05, 0) is 18.3 Å². The summed E-state index contributed by atoms with van der Waals surface area (Å²) < 4.78 is 0. The van der Waals surface area contributed by atoms with Gasteiger partial charge in [-0.1, -0.05) is 0 Å². The van der Waals surface area contributed by atoms with Crippen LogP contribution in [0.1, 0.15) is 0 Å². The molecule has 0 spiro atoms. The second-order valence-electron chi connectivity index (χ2n) is 1.30. The molecule has 0 aliphatic rings. The average Bonchev–Trinajstić information content (AvgIpc) is 1.91. The zero-order valence-corrected chi connectivity index (χ0v) is 5.30. The van der Waals surface area contributed by atoms with Gasteiger partial charge in [0.1, 0.15) is 0 Å². The lowest BCUT2D eigenvalue weighted by Gasteiger charge is -1.82. The molecular weight excluding hydrogens is 134 g/mol. The van der Waals surface area contributed by atoms with Crippen LogP contribution in [0.15, 0.2) is 23.5 Å². The standard InChI is InChI=1S/C5H3N3S/c9-4-6-5-1-2-7-8-3-5/h1-3H. The summed E-state index contributed by atoms with van der Waals surface area (Å²) in [6, 6.07) is 1.70. The van der Waals surface area contributed by atoms with E-state index >= 15 is 0 Å². The molecule has 1 rings (SSSR count). The minimum Gasteiger partial charge on any atom is -0.193 e. The zero-order valence-electron chi connectivity index (χ0n) is 4.48. The predicted octanol–water partition coefficient (Wildman–Crippen LogP) is 1.21. The van der Waals surface area contributed by atoms with Gasteiger partial charge in [0.15, 0.2) is 0 Å². The first-order chi connectivity index (χ1) is 4.43. The van der Waals surface area contributed by atoms with Crippen molar-refractivity contribution in [3.05, 3.63) is 18.5 Å². The highest BCUT2D eigenvalue weighted by molar-refractivity contribution is 7.78. The van der Waals surface area contributed by atoms with Gasteiger partial charge in [0.05, 0.1) is 23.2 Å². The topological polar surface area (TPSA) is 38.1 Å². The van der Waals surface area contributed by atoms with Crippen LogP contribution in [-0.2, 0) is 0 Å². The van der Waals surface area contributed by atoms with E-state index in [0.717, 1.165) is 0 Å². The van der Waals surface area contributed by atoms with Crippen LogP contribution in [0.3, 0.4) is 0 Å². The van der Waals surface area contributed by atoms with Crippen LogP contribution < -0.4 is 0 Å². The van der Waals surface area contributed by atoms with Crippen molar-refractivity contribution in [3.8, 4) is 0 Å². The lowest BCUT2D eigenvalue weighted by atomic mass is 10.5. The smallest absolute Gasteiger partial charge is 0.0956 e. The lowest BCUT2D eigenvalue weighted by molar-refractivity contribution is 1.03. The Hall–Kier alpha value is -1.12. The summed E-state index contributed by atoms with van der Waals surface area (Å²) in [4.78, 5) is 3.67. The first-order valence-electron chi connectivity index (χ1n) is 2.28. The monoisotopic (exact) mass is 137 g/mol. The number of hydrogen-bond donors (Lipinski definition) is 0. The molecule has 0 fully saturated rings. The van der Waals surface area contributed by atoms with Crippen molar-refractivity contribution in [2.75, 3.05) is 0 Å². The molecule has 0 aliphatic carbocycles. The van der Waals surface area contributed by atoms with Gasteiger partial charge >= 0.3 is 0 Å². The summed E-state index contributed by atoms with van der Waals surface area (Å²) in [5.74, 6) is 0. The molecule has 1 heterocycles. The van der Waals surface area contributed by atoms with E-state index in [1.807, 2.05) is 0 Å². The third-order valence-corrected chi connectivity index (χ3v) is 0.835. The fourth-order valence-corrected chi connectivity index (χ4v) is 0.508. The second kappa shape index (κ2) is 3.02. The Morgan fingerprint density at radius 1 is 1.56 bits per heavy atom. The maximum Gasteiger partial charge on any atom is 0.0956 e. The largest absolute Gasteiger partial charge is 0.193 e. The molecule has 0 radical (unpaired) electrons. The second-order valence-corrected chi connectivity index (χ2v) is 1.49. The van der Waals surface area contributed by atoms with Gasteiger partial charge in [-0.2, -0.15) is 15.2 Å². The van der Waals surface area contributed by atoms with E-state index in [9.17, 15) is 0 Å². The Balaban J connectivity index is 2.97. The van der Waals surface area contributed by atoms with E-state index in [1.54, 1.807) is 12.3 Å². The number of nitrogens with zero attached hydrogens (tertiary/aromatic N) is 3. The van der Waals surface area contributed by atoms with E-state index in [-0.39, 0.29) is 0 Å². The van der Waals surface area contributed by atoms with Crippen LogP contribution in [-0.4, -0.2) is 15.4 Å². The summed E-state index contributed by atoms with van der Waals surface area (Å²) in [5, 5.41) is 9.35. The molecule has 9 heavy (non-hydrogen) atoms. The van der Waals surface area contributed by atoms with Gasteiger partial charge in [-0.3, -0.25) is 0 Å². The number of hydrogen-bond acceptors (Lipinski definition) is 4. The third kappa shape index (κ3) is 1.68. The molecular formula is C5H3N3S. The molecule has 1 aromatic heterocycles. The Morgan fingerprint density at radius 2 is 2.44 bits per heavy atom. The van der Waals surface area contributed by atoms with E-state index in [4.69, 9.17) is 0 Å². The van der Waals surface area contributed by atoms with Gasteiger partial charge in [0, 0.05) is 0 Å². The molecule has 0 saturated heterocycles. The number of aliphatic imine (C=N–C) groups is 1. The normalized spacial score (nSPS) is 8.00.